The van der Waals surface area contributed by atoms with Gasteiger partial charge in [-0.3, -0.25) is 0 Å². The molecule has 0 aromatic heterocycles. The second kappa shape index (κ2) is 7.25. The van der Waals surface area contributed by atoms with Crippen LogP contribution in [0.3, 0.4) is 0 Å². The molecule has 2 atom stereocenters. The molecule has 0 rings (SSSR count). The van der Waals surface area contributed by atoms with Crippen molar-refractivity contribution in [2.24, 2.45) is 11.7 Å². The third-order valence-electron chi connectivity index (χ3n) is 3.53. The first-order valence-corrected chi connectivity index (χ1v) is 6.40. The lowest BCUT2D eigenvalue weighted by molar-refractivity contribution is 0.184. The van der Waals surface area contributed by atoms with E-state index in [1.54, 1.807) is 0 Å². The van der Waals surface area contributed by atoms with Crippen LogP contribution in [0.5, 0.6) is 0 Å². The Bertz CT molecular complexity index is 181. The van der Waals surface area contributed by atoms with Crippen molar-refractivity contribution in [1.29, 1.82) is 0 Å². The van der Waals surface area contributed by atoms with E-state index in [0.29, 0.717) is 12.0 Å². The molecule has 0 aliphatic carbocycles. The highest BCUT2D eigenvalue weighted by molar-refractivity contribution is 4.77. The van der Waals surface area contributed by atoms with Gasteiger partial charge in [-0.1, -0.05) is 20.3 Å². The third-order valence-corrected chi connectivity index (χ3v) is 3.53. The molecule has 0 aromatic rings. The van der Waals surface area contributed by atoms with Crippen molar-refractivity contribution < 1.29 is 5.11 Å². The molecule has 3 N–H and O–H groups in total. The van der Waals surface area contributed by atoms with Crippen LogP contribution in [0.4, 0.5) is 0 Å². The van der Waals surface area contributed by atoms with E-state index in [2.05, 4.69) is 32.7 Å². The lowest BCUT2D eigenvalue weighted by Gasteiger charge is -2.28. The molecule has 3 nitrogen and oxygen atoms in total. The second-order valence-corrected chi connectivity index (χ2v) is 5.73. The molecule has 0 spiro atoms. The van der Waals surface area contributed by atoms with E-state index in [1.165, 1.54) is 0 Å². The van der Waals surface area contributed by atoms with Gasteiger partial charge in [-0.2, -0.15) is 0 Å². The van der Waals surface area contributed by atoms with Gasteiger partial charge in [0.05, 0.1) is 6.61 Å². The van der Waals surface area contributed by atoms with Gasteiger partial charge in [-0.15, -0.1) is 0 Å². The summed E-state index contributed by atoms with van der Waals surface area (Å²) in [6.45, 7) is 9.87. The molecule has 0 aliphatic heterocycles. The summed E-state index contributed by atoms with van der Waals surface area (Å²) in [6.07, 6.45) is 3.14. The van der Waals surface area contributed by atoms with Crippen LogP contribution < -0.4 is 5.73 Å². The Labute approximate surface area is 101 Å². The van der Waals surface area contributed by atoms with Gasteiger partial charge in [-0.25, -0.2) is 0 Å². The first-order chi connectivity index (χ1) is 7.30. The molecule has 0 bridgehead atoms. The molecule has 0 fully saturated rings. The third kappa shape index (κ3) is 6.46. The van der Waals surface area contributed by atoms with Crippen molar-refractivity contribution in [3.8, 4) is 0 Å². The van der Waals surface area contributed by atoms with E-state index in [9.17, 15) is 0 Å². The van der Waals surface area contributed by atoms with Gasteiger partial charge in [0.2, 0.25) is 0 Å². The Balaban J connectivity index is 3.67. The summed E-state index contributed by atoms with van der Waals surface area (Å²) in [5.74, 6) is 0.696. The van der Waals surface area contributed by atoms with Crippen molar-refractivity contribution in [3.63, 3.8) is 0 Å². The maximum absolute atomic E-state index is 9.03. The number of hydrogen-bond donors (Lipinski definition) is 2. The zero-order valence-corrected chi connectivity index (χ0v) is 11.7. The monoisotopic (exact) mass is 230 g/mol. The Morgan fingerprint density at radius 3 is 2.25 bits per heavy atom. The van der Waals surface area contributed by atoms with Crippen LogP contribution in [-0.2, 0) is 0 Å². The summed E-state index contributed by atoms with van der Waals surface area (Å²) >= 11 is 0. The number of hydrogen-bond acceptors (Lipinski definition) is 3. The number of unbranched alkanes of at least 4 members (excludes halogenated alkanes) is 1. The molecule has 0 amide bonds. The van der Waals surface area contributed by atoms with Gasteiger partial charge in [0.25, 0.3) is 0 Å². The van der Waals surface area contributed by atoms with E-state index >= 15 is 0 Å². The lowest BCUT2D eigenvalue weighted by Crippen LogP contribution is -2.40. The van der Waals surface area contributed by atoms with Gasteiger partial charge >= 0.3 is 0 Å². The minimum atomic E-state index is -0.401. The Hall–Kier alpha value is -0.120. The molecular weight excluding hydrogens is 200 g/mol. The quantitative estimate of drug-likeness (QED) is 0.626. The van der Waals surface area contributed by atoms with Crippen molar-refractivity contribution in [2.45, 2.75) is 58.5 Å². The highest BCUT2D eigenvalue weighted by Crippen LogP contribution is 2.12. The molecule has 0 saturated heterocycles. The van der Waals surface area contributed by atoms with E-state index < -0.39 is 5.54 Å². The van der Waals surface area contributed by atoms with Crippen LogP contribution in [0.15, 0.2) is 0 Å². The highest BCUT2D eigenvalue weighted by atomic mass is 16.3. The maximum Gasteiger partial charge on any atom is 0.0608 e. The van der Waals surface area contributed by atoms with Gasteiger partial charge < -0.3 is 15.7 Å². The van der Waals surface area contributed by atoms with E-state index in [1.807, 2.05) is 6.92 Å². The Morgan fingerprint density at radius 2 is 1.81 bits per heavy atom. The molecule has 0 heterocycles. The smallest absolute Gasteiger partial charge is 0.0608 e. The summed E-state index contributed by atoms with van der Waals surface area (Å²) < 4.78 is 0. The molecule has 0 aromatic carbocycles. The largest absolute Gasteiger partial charge is 0.394 e. The average Bonchev–Trinajstić information content (AvgIpc) is 2.22. The molecule has 98 valence electrons. The summed E-state index contributed by atoms with van der Waals surface area (Å²) in [6, 6.07) is 0.627. The molecule has 2 unspecified atom stereocenters. The standard InChI is InChI=1S/C13H30N2O/c1-11(2)12(3)15(5)9-7-6-8-13(4,14)10-16/h11-12,16H,6-10,14H2,1-5H3. The summed E-state index contributed by atoms with van der Waals surface area (Å²) in [5, 5.41) is 9.03. The maximum atomic E-state index is 9.03. The predicted molar refractivity (Wildman–Crippen MR) is 70.5 cm³/mol. The van der Waals surface area contributed by atoms with Crippen molar-refractivity contribution in [3.05, 3.63) is 0 Å². The van der Waals surface area contributed by atoms with Crippen LogP contribution in [0.1, 0.15) is 47.0 Å². The molecule has 3 heteroatoms. The van der Waals surface area contributed by atoms with Crippen LogP contribution >= 0.6 is 0 Å². The fourth-order valence-electron chi connectivity index (χ4n) is 1.68. The van der Waals surface area contributed by atoms with Crippen LogP contribution in [0.2, 0.25) is 0 Å². The average molecular weight is 230 g/mol. The highest BCUT2D eigenvalue weighted by Gasteiger charge is 2.17. The second-order valence-electron chi connectivity index (χ2n) is 5.73. The van der Waals surface area contributed by atoms with Gasteiger partial charge in [0, 0.05) is 11.6 Å². The van der Waals surface area contributed by atoms with Crippen molar-refractivity contribution in [2.75, 3.05) is 20.2 Å². The number of nitrogens with two attached hydrogens (primary N) is 1. The number of nitrogens with zero attached hydrogens (tertiary/aromatic N) is 1. The fraction of sp³-hybridized carbons (Fsp3) is 1.00. The fourth-order valence-corrected chi connectivity index (χ4v) is 1.68. The van der Waals surface area contributed by atoms with E-state index in [-0.39, 0.29) is 6.61 Å². The molecule has 0 saturated carbocycles. The topological polar surface area (TPSA) is 49.5 Å². The summed E-state index contributed by atoms with van der Waals surface area (Å²) in [5.41, 5.74) is 5.48. The number of aliphatic hydroxyl groups is 1. The predicted octanol–water partition coefficient (Wildman–Crippen LogP) is 1.84. The van der Waals surface area contributed by atoms with Gasteiger partial charge in [0.15, 0.2) is 0 Å². The first kappa shape index (κ1) is 15.9. The van der Waals surface area contributed by atoms with Crippen molar-refractivity contribution >= 4 is 0 Å². The number of aliphatic hydroxyl groups excluding tert-OH is 1. The zero-order chi connectivity index (χ0) is 12.8. The summed E-state index contributed by atoms with van der Waals surface area (Å²) in [7, 11) is 2.18. The number of rotatable bonds is 8. The summed E-state index contributed by atoms with van der Waals surface area (Å²) in [4.78, 5) is 2.40. The minimum absolute atomic E-state index is 0.0746. The van der Waals surface area contributed by atoms with Crippen LogP contribution in [-0.4, -0.2) is 41.8 Å². The molecule has 0 radical (unpaired) electrons. The van der Waals surface area contributed by atoms with E-state index in [4.69, 9.17) is 10.8 Å². The normalized spacial score (nSPS) is 17.8. The SMILES string of the molecule is CC(C)C(C)N(C)CCCCC(C)(N)CO. The van der Waals surface area contributed by atoms with Gasteiger partial charge in [-0.05, 0) is 46.2 Å². The molecule has 0 aliphatic rings. The first-order valence-electron chi connectivity index (χ1n) is 6.40. The lowest BCUT2D eigenvalue weighted by atomic mass is 9.97. The van der Waals surface area contributed by atoms with E-state index in [0.717, 1.165) is 25.8 Å². The van der Waals surface area contributed by atoms with Crippen LogP contribution in [0.25, 0.3) is 0 Å². The van der Waals surface area contributed by atoms with Crippen LogP contribution in [0, 0.1) is 5.92 Å². The Morgan fingerprint density at radius 1 is 1.25 bits per heavy atom. The minimum Gasteiger partial charge on any atom is -0.394 e. The molecular formula is C13H30N2O. The Kier molecular flexibility index (Phi) is 7.20. The van der Waals surface area contributed by atoms with Crippen molar-refractivity contribution in [1.82, 2.24) is 4.90 Å². The molecule has 16 heavy (non-hydrogen) atoms. The zero-order valence-electron chi connectivity index (χ0n) is 11.7. The van der Waals surface area contributed by atoms with Gasteiger partial charge in [0.1, 0.15) is 0 Å².